The molecular weight excluding hydrogens is 283 g/mol. The molecule has 0 amide bonds. The molecule has 0 fully saturated rings. The number of fused-ring (bicyclic) bond motifs is 1. The summed E-state index contributed by atoms with van der Waals surface area (Å²) < 4.78 is 10.7. The molecule has 20 heavy (non-hydrogen) atoms. The van der Waals surface area contributed by atoms with E-state index >= 15 is 0 Å². The molecule has 2 aromatic heterocycles. The van der Waals surface area contributed by atoms with Crippen molar-refractivity contribution in [2.45, 2.75) is 19.4 Å². The van der Waals surface area contributed by atoms with E-state index in [4.69, 9.17) is 9.79 Å². The van der Waals surface area contributed by atoms with Gasteiger partial charge in [0.05, 0.1) is 11.8 Å². The van der Waals surface area contributed by atoms with E-state index in [1.54, 1.807) is 6.20 Å². The summed E-state index contributed by atoms with van der Waals surface area (Å²) in [5.74, 6) is 0. The van der Waals surface area contributed by atoms with Crippen molar-refractivity contribution >= 4 is 18.6 Å². The van der Waals surface area contributed by atoms with Crippen LogP contribution >= 0.6 is 7.60 Å². The maximum Gasteiger partial charge on any atom is 0.325 e. The quantitative estimate of drug-likeness (QED) is 0.369. The van der Waals surface area contributed by atoms with E-state index in [1.807, 2.05) is 0 Å². The fourth-order valence-corrected chi connectivity index (χ4v) is 2.57. The van der Waals surface area contributed by atoms with Gasteiger partial charge in [0.25, 0.3) is 5.56 Å². The van der Waals surface area contributed by atoms with E-state index in [2.05, 4.69) is 20.3 Å². The van der Waals surface area contributed by atoms with Crippen molar-refractivity contribution in [3.05, 3.63) is 28.4 Å². The molecule has 0 aliphatic carbocycles. The second-order valence-electron chi connectivity index (χ2n) is 4.54. The Morgan fingerprint density at radius 1 is 1.30 bits per heavy atom. The van der Waals surface area contributed by atoms with Crippen molar-refractivity contribution in [3.8, 4) is 0 Å². The Bertz CT molecular complexity index is 674. The number of rotatable bonds is 7. The third-order valence-corrected chi connectivity index (χ3v) is 3.82. The molecule has 0 spiro atoms. The van der Waals surface area contributed by atoms with E-state index in [0.717, 1.165) is 5.56 Å². The van der Waals surface area contributed by atoms with Crippen LogP contribution < -0.4 is 10.9 Å². The minimum absolute atomic E-state index is 0.0846. The minimum Gasteiger partial charge on any atom is -0.355 e. The summed E-state index contributed by atoms with van der Waals surface area (Å²) in [7, 11) is -3.88. The molecule has 0 aliphatic rings. The molecular formula is C11H17N4O4P. The molecule has 8 nitrogen and oxygen atoms in total. The number of aromatic nitrogens is 3. The fraction of sp³-hybridized carbons (Fsp3) is 0.455. The van der Waals surface area contributed by atoms with Gasteiger partial charge >= 0.3 is 7.60 Å². The average molecular weight is 300 g/mol. The van der Waals surface area contributed by atoms with Crippen molar-refractivity contribution in [2.75, 3.05) is 12.7 Å². The van der Waals surface area contributed by atoms with Crippen molar-refractivity contribution in [1.29, 1.82) is 0 Å². The molecule has 2 rings (SSSR count). The first-order valence-corrected chi connectivity index (χ1v) is 8.06. The van der Waals surface area contributed by atoms with E-state index in [0.29, 0.717) is 37.0 Å². The van der Waals surface area contributed by atoms with Crippen LogP contribution in [0.5, 0.6) is 0 Å². The number of H-pyrrole nitrogens is 2. The van der Waals surface area contributed by atoms with E-state index in [-0.39, 0.29) is 11.7 Å². The highest BCUT2D eigenvalue weighted by molar-refractivity contribution is 7.51. The molecule has 0 aliphatic heterocycles. The van der Waals surface area contributed by atoms with E-state index in [9.17, 15) is 9.36 Å². The van der Waals surface area contributed by atoms with Crippen molar-refractivity contribution < 1.29 is 14.4 Å². The van der Waals surface area contributed by atoms with Gasteiger partial charge in [-0.25, -0.2) is 4.98 Å². The Kier molecular flexibility index (Phi) is 4.72. The first-order chi connectivity index (χ1) is 9.47. The summed E-state index contributed by atoms with van der Waals surface area (Å²) in [5, 5.41) is 3.16. The SMILES string of the molecule is O=c1[nH]cnc2c(CNCCCCP(=O)(O)O)c[nH]c12. The van der Waals surface area contributed by atoms with Crippen molar-refractivity contribution in [2.24, 2.45) is 0 Å². The first kappa shape index (κ1) is 14.9. The molecule has 110 valence electrons. The van der Waals surface area contributed by atoms with Gasteiger partial charge in [0.1, 0.15) is 5.52 Å². The molecule has 0 bridgehead atoms. The monoisotopic (exact) mass is 300 g/mol. The Balaban J connectivity index is 1.81. The topological polar surface area (TPSA) is 131 Å². The van der Waals surface area contributed by atoms with Crippen LogP contribution in [0.15, 0.2) is 17.3 Å². The van der Waals surface area contributed by atoms with E-state index < -0.39 is 7.60 Å². The zero-order valence-corrected chi connectivity index (χ0v) is 11.7. The second kappa shape index (κ2) is 6.32. The maximum atomic E-state index is 11.5. The number of nitrogens with zero attached hydrogens (tertiary/aromatic N) is 1. The highest BCUT2D eigenvalue weighted by Gasteiger charge is 2.11. The predicted octanol–water partition coefficient (Wildman–Crippen LogP) is 0.299. The molecule has 0 radical (unpaired) electrons. The summed E-state index contributed by atoms with van der Waals surface area (Å²) in [6.07, 6.45) is 4.17. The highest BCUT2D eigenvalue weighted by Crippen LogP contribution is 2.35. The van der Waals surface area contributed by atoms with E-state index in [1.165, 1.54) is 6.33 Å². The van der Waals surface area contributed by atoms with Crippen LogP contribution in [0.3, 0.4) is 0 Å². The number of hydrogen-bond acceptors (Lipinski definition) is 4. The molecule has 5 N–H and O–H groups in total. The number of unbranched alkanes of at least 4 members (excludes halogenated alkanes) is 1. The van der Waals surface area contributed by atoms with Crippen molar-refractivity contribution in [3.63, 3.8) is 0 Å². The lowest BCUT2D eigenvalue weighted by atomic mass is 10.2. The Hall–Kier alpha value is -1.47. The Morgan fingerprint density at radius 3 is 2.85 bits per heavy atom. The van der Waals surface area contributed by atoms with Crippen LogP contribution in [0.4, 0.5) is 0 Å². The molecule has 0 unspecified atom stereocenters. The summed E-state index contributed by atoms with van der Waals surface area (Å²) in [6.45, 7) is 1.20. The second-order valence-corrected chi connectivity index (χ2v) is 6.32. The van der Waals surface area contributed by atoms with Crippen LogP contribution in [0.25, 0.3) is 11.0 Å². The largest absolute Gasteiger partial charge is 0.355 e. The minimum atomic E-state index is -3.88. The van der Waals surface area contributed by atoms with Gasteiger partial charge in [-0.3, -0.25) is 9.36 Å². The van der Waals surface area contributed by atoms with Gasteiger partial charge in [0, 0.05) is 24.5 Å². The molecule has 2 heterocycles. The molecule has 0 saturated heterocycles. The summed E-state index contributed by atoms with van der Waals surface area (Å²) in [5.41, 5.74) is 1.77. The Labute approximate surface area is 114 Å². The lowest BCUT2D eigenvalue weighted by molar-refractivity contribution is 0.371. The average Bonchev–Trinajstić information content (AvgIpc) is 2.77. The van der Waals surface area contributed by atoms with Gasteiger partial charge in [-0.05, 0) is 19.4 Å². The molecule has 9 heteroatoms. The molecule has 0 atom stereocenters. The summed E-state index contributed by atoms with van der Waals surface area (Å²) in [4.78, 5) is 38.4. The third-order valence-electron chi connectivity index (χ3n) is 2.92. The van der Waals surface area contributed by atoms with Gasteiger partial charge in [-0.15, -0.1) is 0 Å². The van der Waals surface area contributed by atoms with Crippen LogP contribution in [-0.4, -0.2) is 37.4 Å². The van der Waals surface area contributed by atoms with Gasteiger partial charge in [-0.2, -0.15) is 0 Å². The maximum absolute atomic E-state index is 11.5. The summed E-state index contributed by atoms with van der Waals surface area (Å²) >= 11 is 0. The third kappa shape index (κ3) is 4.01. The lowest BCUT2D eigenvalue weighted by Crippen LogP contribution is -2.15. The normalized spacial score (nSPS) is 12.1. The van der Waals surface area contributed by atoms with Crippen molar-refractivity contribution in [1.82, 2.24) is 20.3 Å². The van der Waals surface area contributed by atoms with Gasteiger partial charge in [-0.1, -0.05) is 0 Å². The number of hydrogen-bond donors (Lipinski definition) is 5. The zero-order valence-electron chi connectivity index (χ0n) is 10.8. The molecule has 0 saturated carbocycles. The van der Waals surface area contributed by atoms with Gasteiger partial charge in [0.15, 0.2) is 0 Å². The smallest absolute Gasteiger partial charge is 0.325 e. The highest BCUT2D eigenvalue weighted by atomic mass is 31.2. The summed E-state index contributed by atoms with van der Waals surface area (Å²) in [6, 6.07) is 0. The predicted molar refractivity (Wildman–Crippen MR) is 74.6 cm³/mol. The van der Waals surface area contributed by atoms with Gasteiger partial charge < -0.3 is 25.1 Å². The molecule has 0 aromatic carbocycles. The zero-order chi connectivity index (χ0) is 14.6. The van der Waals surface area contributed by atoms with Crippen LogP contribution in [0.2, 0.25) is 0 Å². The number of nitrogens with one attached hydrogen (secondary N) is 3. The van der Waals surface area contributed by atoms with Crippen LogP contribution in [-0.2, 0) is 11.1 Å². The van der Waals surface area contributed by atoms with Crippen LogP contribution in [0, 0.1) is 0 Å². The first-order valence-electron chi connectivity index (χ1n) is 6.26. The number of aromatic amines is 2. The van der Waals surface area contributed by atoms with Gasteiger partial charge in [0.2, 0.25) is 0 Å². The lowest BCUT2D eigenvalue weighted by Gasteiger charge is -2.05. The molecule has 2 aromatic rings. The Morgan fingerprint density at radius 2 is 2.10 bits per heavy atom. The standard InChI is InChI=1S/C11H17N4O4P/c16-11-10-9(14-7-15-11)8(6-13-10)5-12-3-1-2-4-20(17,18)19/h6-7,12-13H,1-5H2,(H,14,15,16)(H2,17,18,19). The fourth-order valence-electron chi connectivity index (χ4n) is 1.93. The van der Waals surface area contributed by atoms with Crippen LogP contribution in [0.1, 0.15) is 18.4 Å².